The van der Waals surface area contributed by atoms with Crippen molar-refractivity contribution >= 4 is 17.7 Å². The Hall–Kier alpha value is -2.37. The summed E-state index contributed by atoms with van der Waals surface area (Å²) in [4.78, 5) is 24.1. The number of non-ortho nitro benzene ring substituents is 1. The fourth-order valence-corrected chi connectivity index (χ4v) is 1.90. The van der Waals surface area contributed by atoms with E-state index in [-0.39, 0.29) is 11.7 Å². The molecule has 0 unspecified atom stereocenters. The Morgan fingerprint density at radius 1 is 1.24 bits per heavy atom. The third-order valence-electron chi connectivity index (χ3n) is 3.00. The fraction of sp³-hybridized carbons (Fsp3) is 0.400. The molecule has 21 heavy (non-hydrogen) atoms. The molecule has 1 aromatic carbocycles. The molecule has 0 atom stereocenters. The van der Waals surface area contributed by atoms with E-state index in [1.54, 1.807) is 25.1 Å². The third kappa shape index (κ3) is 4.59. The number of carbonyl (C=O) groups is 1. The molecule has 0 N–H and O–H groups in total. The van der Waals surface area contributed by atoms with E-state index in [0.717, 1.165) is 5.56 Å². The van der Waals surface area contributed by atoms with E-state index in [0.29, 0.717) is 25.4 Å². The Balaban J connectivity index is 3.11. The summed E-state index contributed by atoms with van der Waals surface area (Å²) in [5.74, 6) is -0.389. The number of rotatable bonds is 7. The van der Waals surface area contributed by atoms with Gasteiger partial charge in [-0.3, -0.25) is 10.1 Å². The largest absolute Gasteiger partial charge is 0.461 e. The highest BCUT2D eigenvalue weighted by Crippen LogP contribution is 2.16. The molecule has 0 saturated heterocycles. The number of ether oxygens (including phenoxy) is 1. The van der Waals surface area contributed by atoms with Gasteiger partial charge >= 0.3 is 5.97 Å². The van der Waals surface area contributed by atoms with Crippen LogP contribution in [0, 0.1) is 10.1 Å². The zero-order valence-corrected chi connectivity index (χ0v) is 12.5. The van der Waals surface area contributed by atoms with Crippen molar-refractivity contribution in [2.45, 2.75) is 20.8 Å². The van der Waals surface area contributed by atoms with Crippen LogP contribution in [0.15, 0.2) is 30.0 Å². The molecular formula is C15H20N2O4. The molecule has 0 aliphatic rings. The van der Waals surface area contributed by atoms with Gasteiger partial charge in [0.1, 0.15) is 5.70 Å². The zero-order chi connectivity index (χ0) is 15.8. The highest BCUT2D eigenvalue weighted by molar-refractivity contribution is 5.93. The van der Waals surface area contributed by atoms with Gasteiger partial charge in [0.05, 0.1) is 11.5 Å². The summed E-state index contributed by atoms with van der Waals surface area (Å²) in [6, 6.07) is 6.05. The monoisotopic (exact) mass is 292 g/mol. The van der Waals surface area contributed by atoms with Crippen molar-refractivity contribution in [2.24, 2.45) is 0 Å². The first-order chi connectivity index (χ1) is 10.0. The molecule has 0 aliphatic heterocycles. The lowest BCUT2D eigenvalue weighted by molar-refractivity contribution is -0.384. The van der Waals surface area contributed by atoms with Gasteiger partial charge < -0.3 is 9.64 Å². The standard InChI is InChI=1S/C15H20N2O4/c1-4-16(5-2)14(15(18)21-6-3)11-12-7-9-13(10-8-12)17(19)20/h7-11H,4-6H2,1-3H3/b14-11-. The van der Waals surface area contributed by atoms with Crippen LogP contribution < -0.4 is 0 Å². The lowest BCUT2D eigenvalue weighted by Crippen LogP contribution is -2.28. The Morgan fingerprint density at radius 3 is 2.24 bits per heavy atom. The van der Waals surface area contributed by atoms with Gasteiger partial charge in [-0.15, -0.1) is 0 Å². The molecule has 0 saturated carbocycles. The first-order valence-electron chi connectivity index (χ1n) is 6.91. The summed E-state index contributed by atoms with van der Waals surface area (Å²) in [5.41, 5.74) is 1.19. The summed E-state index contributed by atoms with van der Waals surface area (Å²) in [7, 11) is 0. The van der Waals surface area contributed by atoms with Gasteiger partial charge in [-0.25, -0.2) is 4.79 Å². The van der Waals surface area contributed by atoms with Gasteiger partial charge in [-0.05, 0) is 44.5 Å². The van der Waals surface area contributed by atoms with Crippen molar-refractivity contribution in [1.82, 2.24) is 4.90 Å². The third-order valence-corrected chi connectivity index (χ3v) is 3.00. The van der Waals surface area contributed by atoms with E-state index in [2.05, 4.69) is 0 Å². The molecule has 6 nitrogen and oxygen atoms in total. The molecule has 0 aromatic heterocycles. The molecule has 0 radical (unpaired) electrons. The first-order valence-corrected chi connectivity index (χ1v) is 6.91. The van der Waals surface area contributed by atoms with Crippen LogP contribution in [0.3, 0.4) is 0 Å². The van der Waals surface area contributed by atoms with Gasteiger partial charge in [-0.2, -0.15) is 0 Å². The number of nitrogens with zero attached hydrogens (tertiary/aromatic N) is 2. The number of likely N-dealkylation sites (N-methyl/N-ethyl adjacent to an activating group) is 1. The molecule has 1 aromatic rings. The van der Waals surface area contributed by atoms with Crippen LogP contribution in [0.1, 0.15) is 26.3 Å². The van der Waals surface area contributed by atoms with E-state index >= 15 is 0 Å². The minimum atomic E-state index is -0.454. The molecule has 1 rings (SSSR count). The highest BCUT2D eigenvalue weighted by atomic mass is 16.6. The van der Waals surface area contributed by atoms with Crippen LogP contribution in [0.2, 0.25) is 0 Å². The molecule has 0 fully saturated rings. The van der Waals surface area contributed by atoms with Gasteiger partial charge in [0.25, 0.3) is 5.69 Å². The van der Waals surface area contributed by atoms with E-state index in [1.807, 2.05) is 18.7 Å². The smallest absolute Gasteiger partial charge is 0.354 e. The van der Waals surface area contributed by atoms with Gasteiger partial charge in [0.15, 0.2) is 0 Å². The van der Waals surface area contributed by atoms with Crippen LogP contribution in [0.4, 0.5) is 5.69 Å². The van der Waals surface area contributed by atoms with Crippen molar-refractivity contribution in [3.63, 3.8) is 0 Å². The van der Waals surface area contributed by atoms with Crippen molar-refractivity contribution in [1.29, 1.82) is 0 Å². The number of benzene rings is 1. The van der Waals surface area contributed by atoms with E-state index < -0.39 is 4.92 Å². The molecule has 0 bridgehead atoms. The Morgan fingerprint density at radius 2 is 1.81 bits per heavy atom. The minimum absolute atomic E-state index is 0.0210. The average molecular weight is 292 g/mol. The Kier molecular flexibility index (Phi) is 6.39. The maximum atomic E-state index is 12.0. The predicted octanol–water partition coefficient (Wildman–Crippen LogP) is 2.84. The lowest BCUT2D eigenvalue weighted by Gasteiger charge is -2.22. The molecule has 114 valence electrons. The topological polar surface area (TPSA) is 72.7 Å². The zero-order valence-electron chi connectivity index (χ0n) is 12.5. The quantitative estimate of drug-likeness (QED) is 0.334. The number of hydrogen-bond donors (Lipinski definition) is 0. The van der Waals surface area contributed by atoms with E-state index in [1.165, 1.54) is 12.1 Å². The maximum Gasteiger partial charge on any atom is 0.354 e. The second-order valence-electron chi connectivity index (χ2n) is 4.27. The summed E-state index contributed by atoms with van der Waals surface area (Å²) in [6.07, 6.45) is 1.69. The summed E-state index contributed by atoms with van der Waals surface area (Å²) in [5, 5.41) is 10.6. The first kappa shape index (κ1) is 16.7. The van der Waals surface area contributed by atoms with Gasteiger partial charge in [0.2, 0.25) is 0 Å². The molecule has 0 aliphatic carbocycles. The van der Waals surface area contributed by atoms with E-state index in [9.17, 15) is 14.9 Å². The van der Waals surface area contributed by atoms with Crippen LogP contribution in [0.25, 0.3) is 6.08 Å². The predicted molar refractivity (Wildman–Crippen MR) is 80.6 cm³/mol. The van der Waals surface area contributed by atoms with Crippen molar-refractivity contribution in [3.05, 3.63) is 45.6 Å². The summed E-state index contributed by atoms with van der Waals surface area (Å²) in [6.45, 7) is 7.31. The van der Waals surface area contributed by atoms with Crippen LogP contribution in [-0.2, 0) is 9.53 Å². The SMILES string of the molecule is CCOC(=O)/C(=C/c1ccc([N+](=O)[O-])cc1)N(CC)CC. The second-order valence-corrected chi connectivity index (χ2v) is 4.27. The Bertz CT molecular complexity index is 519. The number of nitro groups is 1. The maximum absolute atomic E-state index is 12.0. The molecule has 0 heterocycles. The number of hydrogen-bond acceptors (Lipinski definition) is 5. The number of esters is 1. The molecule has 0 amide bonds. The van der Waals surface area contributed by atoms with Crippen molar-refractivity contribution < 1.29 is 14.5 Å². The lowest BCUT2D eigenvalue weighted by atomic mass is 10.1. The summed E-state index contributed by atoms with van der Waals surface area (Å²) < 4.78 is 5.07. The average Bonchev–Trinajstić information content (AvgIpc) is 2.48. The normalized spacial score (nSPS) is 11.1. The second kappa shape index (κ2) is 8.04. The molecule has 6 heteroatoms. The van der Waals surface area contributed by atoms with Gasteiger partial charge in [-0.1, -0.05) is 0 Å². The molecule has 0 spiro atoms. The van der Waals surface area contributed by atoms with Crippen LogP contribution in [0.5, 0.6) is 0 Å². The van der Waals surface area contributed by atoms with E-state index in [4.69, 9.17) is 4.74 Å². The number of nitro benzene ring substituents is 1. The van der Waals surface area contributed by atoms with Gasteiger partial charge in [0, 0.05) is 25.2 Å². The number of carbonyl (C=O) groups excluding carboxylic acids is 1. The van der Waals surface area contributed by atoms with Crippen molar-refractivity contribution in [2.75, 3.05) is 19.7 Å². The molecular weight excluding hydrogens is 272 g/mol. The van der Waals surface area contributed by atoms with Crippen LogP contribution in [-0.4, -0.2) is 35.5 Å². The van der Waals surface area contributed by atoms with Crippen molar-refractivity contribution in [3.8, 4) is 0 Å². The highest BCUT2D eigenvalue weighted by Gasteiger charge is 2.16. The Labute approximate surface area is 124 Å². The summed E-state index contributed by atoms with van der Waals surface area (Å²) >= 11 is 0. The minimum Gasteiger partial charge on any atom is -0.461 e. The van der Waals surface area contributed by atoms with Crippen LogP contribution >= 0.6 is 0 Å². The fourth-order valence-electron chi connectivity index (χ4n) is 1.90.